The minimum absolute atomic E-state index is 0.0567. The summed E-state index contributed by atoms with van der Waals surface area (Å²) >= 11 is 0. The van der Waals surface area contributed by atoms with Crippen molar-refractivity contribution in [3.8, 4) is 17.2 Å². The van der Waals surface area contributed by atoms with Crippen molar-refractivity contribution in [1.82, 2.24) is 5.32 Å². The van der Waals surface area contributed by atoms with Crippen molar-refractivity contribution >= 4 is 5.78 Å². The molecule has 2 aromatic rings. The van der Waals surface area contributed by atoms with E-state index in [-0.39, 0.29) is 16.9 Å². The van der Waals surface area contributed by atoms with Gasteiger partial charge in [0.05, 0.1) is 7.11 Å². The van der Waals surface area contributed by atoms with Crippen LogP contribution in [-0.2, 0) is 0 Å². The molecule has 28 heavy (non-hydrogen) atoms. The van der Waals surface area contributed by atoms with Crippen molar-refractivity contribution < 1.29 is 14.3 Å². The van der Waals surface area contributed by atoms with E-state index in [1.807, 2.05) is 48.5 Å². The predicted octanol–water partition coefficient (Wildman–Crippen LogP) is 5.62. The summed E-state index contributed by atoms with van der Waals surface area (Å²) in [6.45, 7) is 8.87. The summed E-state index contributed by atoms with van der Waals surface area (Å²) in [6, 6.07) is 14.9. The number of ketones is 1. The number of hydrogen-bond acceptors (Lipinski definition) is 4. The van der Waals surface area contributed by atoms with E-state index in [0.29, 0.717) is 23.8 Å². The summed E-state index contributed by atoms with van der Waals surface area (Å²) in [5.41, 5.74) is 0.856. The Morgan fingerprint density at radius 3 is 2.18 bits per heavy atom. The van der Waals surface area contributed by atoms with Gasteiger partial charge in [0.1, 0.15) is 17.2 Å². The van der Waals surface area contributed by atoms with Crippen molar-refractivity contribution in [3.63, 3.8) is 0 Å². The Hall–Kier alpha value is -2.33. The lowest BCUT2D eigenvalue weighted by molar-refractivity contribution is 0.0864. The molecular weight excluding hydrogens is 350 g/mol. The lowest BCUT2D eigenvalue weighted by Gasteiger charge is -2.46. The van der Waals surface area contributed by atoms with Crippen LogP contribution in [0.4, 0.5) is 0 Å². The van der Waals surface area contributed by atoms with Gasteiger partial charge < -0.3 is 14.8 Å². The lowest BCUT2D eigenvalue weighted by Crippen LogP contribution is -2.57. The second-order valence-corrected chi connectivity index (χ2v) is 9.10. The zero-order valence-electron chi connectivity index (χ0n) is 17.5. The third kappa shape index (κ3) is 5.35. The predicted molar refractivity (Wildman–Crippen MR) is 112 cm³/mol. The summed E-state index contributed by atoms with van der Waals surface area (Å²) in [6.07, 6.45) is 2.61. The van der Waals surface area contributed by atoms with Crippen LogP contribution in [0.3, 0.4) is 0 Å². The van der Waals surface area contributed by atoms with Crippen LogP contribution in [-0.4, -0.2) is 24.0 Å². The molecule has 0 spiro atoms. The summed E-state index contributed by atoms with van der Waals surface area (Å²) in [7, 11) is 1.63. The monoisotopic (exact) mass is 381 g/mol. The maximum absolute atomic E-state index is 12.8. The molecule has 1 aliphatic heterocycles. The first-order chi connectivity index (χ1) is 13.2. The maximum Gasteiger partial charge on any atom is 0.163 e. The number of ether oxygens (including phenoxy) is 2. The van der Waals surface area contributed by atoms with E-state index in [0.717, 1.165) is 24.2 Å². The Labute approximate surface area is 168 Å². The van der Waals surface area contributed by atoms with E-state index in [9.17, 15) is 4.79 Å². The van der Waals surface area contributed by atoms with Crippen LogP contribution >= 0.6 is 0 Å². The van der Waals surface area contributed by atoms with Gasteiger partial charge in [-0.15, -0.1) is 0 Å². The van der Waals surface area contributed by atoms with Gasteiger partial charge in [-0.25, -0.2) is 0 Å². The van der Waals surface area contributed by atoms with Crippen LogP contribution < -0.4 is 14.8 Å². The molecule has 1 saturated heterocycles. The number of carbonyl (C=O) groups excluding carboxylic acids is 1. The van der Waals surface area contributed by atoms with Gasteiger partial charge in [-0.1, -0.05) is 6.07 Å². The van der Waals surface area contributed by atoms with E-state index in [1.165, 1.54) is 0 Å². The first kappa shape index (κ1) is 20.4. The highest BCUT2D eigenvalue weighted by atomic mass is 16.5. The molecule has 0 amide bonds. The van der Waals surface area contributed by atoms with E-state index in [4.69, 9.17) is 9.47 Å². The van der Waals surface area contributed by atoms with Gasteiger partial charge in [0.15, 0.2) is 5.78 Å². The number of methoxy groups -OCH3 is 1. The van der Waals surface area contributed by atoms with E-state index < -0.39 is 0 Å². The maximum atomic E-state index is 12.8. The zero-order valence-corrected chi connectivity index (χ0v) is 17.5. The first-order valence-electron chi connectivity index (χ1n) is 9.90. The fourth-order valence-corrected chi connectivity index (χ4v) is 4.57. The number of carbonyl (C=O) groups is 1. The molecule has 1 N–H and O–H groups in total. The zero-order chi connectivity index (χ0) is 20.4. The van der Waals surface area contributed by atoms with Crippen LogP contribution in [0.15, 0.2) is 48.5 Å². The van der Waals surface area contributed by atoms with Crippen LogP contribution in [0.25, 0.3) is 0 Å². The van der Waals surface area contributed by atoms with Crippen LogP contribution in [0.2, 0.25) is 0 Å². The van der Waals surface area contributed by atoms with Crippen molar-refractivity contribution in [3.05, 3.63) is 54.1 Å². The topological polar surface area (TPSA) is 47.6 Å². The van der Waals surface area contributed by atoms with Gasteiger partial charge >= 0.3 is 0 Å². The fourth-order valence-electron chi connectivity index (χ4n) is 4.57. The van der Waals surface area contributed by atoms with Gasteiger partial charge in [-0.2, -0.15) is 0 Å². The third-order valence-electron chi connectivity index (χ3n) is 5.20. The summed E-state index contributed by atoms with van der Waals surface area (Å²) < 4.78 is 11.1. The summed E-state index contributed by atoms with van der Waals surface area (Å²) in [5, 5.41) is 3.68. The first-order valence-corrected chi connectivity index (χ1v) is 9.90. The second kappa shape index (κ2) is 7.96. The van der Waals surface area contributed by atoms with Gasteiger partial charge in [0.25, 0.3) is 0 Å². The highest BCUT2D eigenvalue weighted by Crippen LogP contribution is 2.35. The molecular formula is C24H31NO3. The molecule has 0 aliphatic carbocycles. The number of benzene rings is 2. The van der Waals surface area contributed by atoms with Gasteiger partial charge in [-0.3, -0.25) is 4.79 Å². The molecule has 0 saturated carbocycles. The quantitative estimate of drug-likeness (QED) is 0.660. The van der Waals surface area contributed by atoms with Crippen molar-refractivity contribution in [2.24, 2.45) is 5.92 Å². The molecule has 1 aliphatic rings. The molecule has 1 heterocycles. The normalized spacial score (nSPS) is 18.5. The molecule has 3 rings (SSSR count). The number of hydrogen-bond donors (Lipinski definition) is 1. The number of piperidine rings is 1. The molecule has 0 bridgehead atoms. The summed E-state index contributed by atoms with van der Waals surface area (Å²) in [5.74, 6) is 2.75. The molecule has 0 aromatic heterocycles. The van der Waals surface area contributed by atoms with Crippen molar-refractivity contribution in [2.75, 3.05) is 7.11 Å². The van der Waals surface area contributed by atoms with Gasteiger partial charge in [0.2, 0.25) is 0 Å². The Kier molecular flexibility index (Phi) is 5.80. The van der Waals surface area contributed by atoms with E-state index in [1.54, 1.807) is 7.11 Å². The highest BCUT2D eigenvalue weighted by Gasteiger charge is 2.38. The van der Waals surface area contributed by atoms with Crippen LogP contribution in [0, 0.1) is 5.92 Å². The highest BCUT2D eigenvalue weighted by molar-refractivity contribution is 5.96. The molecule has 0 radical (unpaired) electrons. The second-order valence-electron chi connectivity index (χ2n) is 9.10. The Morgan fingerprint density at radius 1 is 0.964 bits per heavy atom. The average Bonchev–Trinajstić information content (AvgIpc) is 2.59. The number of nitrogens with one attached hydrogen (secondary N) is 1. The smallest absolute Gasteiger partial charge is 0.163 e. The largest absolute Gasteiger partial charge is 0.497 e. The minimum atomic E-state index is 0.0567. The molecule has 4 nitrogen and oxygen atoms in total. The standard InChI is InChI=1S/C24H31NO3/c1-23(2)15-17(16-24(3,4)25-23)13-22(26)18-9-11-19(12-10-18)28-21-8-6-7-20(14-21)27-5/h6-12,14,17,25H,13,15-16H2,1-5H3. The van der Waals surface area contributed by atoms with Gasteiger partial charge in [0, 0.05) is 29.1 Å². The Morgan fingerprint density at radius 2 is 1.57 bits per heavy atom. The molecule has 1 fully saturated rings. The average molecular weight is 382 g/mol. The van der Waals surface area contributed by atoms with Crippen LogP contribution in [0.5, 0.6) is 17.2 Å². The molecule has 0 atom stereocenters. The SMILES string of the molecule is COc1cccc(Oc2ccc(C(=O)CC3CC(C)(C)NC(C)(C)C3)cc2)c1. The molecule has 150 valence electrons. The van der Waals surface area contributed by atoms with Gasteiger partial charge in [-0.05, 0) is 82.9 Å². The van der Waals surface area contributed by atoms with Crippen molar-refractivity contribution in [2.45, 2.75) is 58.0 Å². The summed E-state index contributed by atoms with van der Waals surface area (Å²) in [4.78, 5) is 12.8. The van der Waals surface area contributed by atoms with Crippen LogP contribution in [0.1, 0.15) is 57.3 Å². The van der Waals surface area contributed by atoms with E-state index >= 15 is 0 Å². The third-order valence-corrected chi connectivity index (χ3v) is 5.20. The Bertz CT molecular complexity index is 808. The minimum Gasteiger partial charge on any atom is -0.497 e. The van der Waals surface area contributed by atoms with E-state index in [2.05, 4.69) is 33.0 Å². The molecule has 2 aromatic carbocycles. The lowest BCUT2D eigenvalue weighted by atomic mass is 9.74. The van der Waals surface area contributed by atoms with Crippen molar-refractivity contribution in [1.29, 1.82) is 0 Å². The molecule has 0 unspecified atom stereocenters. The number of Topliss-reactive ketones (excluding diaryl/α,β-unsaturated/α-hetero) is 1. The fraction of sp³-hybridized carbons (Fsp3) is 0.458. The molecule has 4 heteroatoms. The Balaban J connectivity index is 1.63. The number of rotatable bonds is 6.